The number of hydrogen-bond donors (Lipinski definition) is 3. The van der Waals surface area contributed by atoms with E-state index in [-0.39, 0.29) is 18.9 Å². The van der Waals surface area contributed by atoms with Crippen LogP contribution < -0.4 is 18.9 Å². The van der Waals surface area contributed by atoms with Crippen molar-refractivity contribution in [1.29, 1.82) is 0 Å². The van der Waals surface area contributed by atoms with Crippen LogP contribution in [-0.2, 0) is 4.57 Å². The molecule has 0 atom stereocenters. The Morgan fingerprint density at radius 1 is 1.25 bits per heavy atom. The second-order valence-electron chi connectivity index (χ2n) is 0.513. The van der Waals surface area contributed by atoms with Crippen molar-refractivity contribution in [2.75, 3.05) is 0 Å². The van der Waals surface area contributed by atoms with Crippen LogP contribution in [0.2, 0.25) is 0 Å². The van der Waals surface area contributed by atoms with Crippen LogP contribution in [0.15, 0.2) is 0 Å². The molecule has 8 heavy (non-hydrogen) atoms. The molecule has 0 spiro atoms. The maximum absolute atomic E-state index is 8.88. The molecule has 0 bridgehead atoms. The Hall–Kier alpha value is 0.707. The molecule has 0 aliphatic carbocycles. The van der Waals surface area contributed by atoms with Crippen molar-refractivity contribution < 1.29 is 38.1 Å². The smallest absolute Gasteiger partial charge is 0.346 e. The van der Waals surface area contributed by atoms with E-state index in [1.54, 1.807) is 6.92 Å². The summed E-state index contributed by atoms with van der Waals surface area (Å²) in [6, 6.07) is 0. The molecule has 3 N–H and O–H groups in total. The summed E-state index contributed by atoms with van der Waals surface area (Å²) in [6.07, 6.45) is 0. The molecule has 0 aliphatic rings. The number of rotatable bonds is 0. The molecule has 0 aromatic carbocycles. The minimum Gasteiger partial charge on any atom is -0.346 e. The summed E-state index contributed by atoms with van der Waals surface area (Å²) >= 11 is 0. The normalized spacial score (nSPS) is 8.12. The van der Waals surface area contributed by atoms with Crippen LogP contribution in [-0.4, -0.2) is 14.7 Å². The zero-order chi connectivity index (χ0) is 6.50. The van der Waals surface area contributed by atoms with Crippen molar-refractivity contribution in [2.45, 2.75) is 6.92 Å². The predicted molar refractivity (Wildman–Crippen MR) is 25.3 cm³/mol. The maximum atomic E-state index is 8.88. The molecule has 0 saturated heterocycles. The minimum atomic E-state index is -4.64. The first-order chi connectivity index (χ1) is 3.00. The van der Waals surface area contributed by atoms with E-state index in [1.807, 2.05) is 0 Å². The van der Waals surface area contributed by atoms with Gasteiger partial charge in [-0.3, -0.25) is 0 Å². The summed E-state index contributed by atoms with van der Waals surface area (Å²) in [5, 5.41) is 0. The molecular formula is C2H8LiO4P. The van der Waals surface area contributed by atoms with E-state index in [0.717, 1.165) is 0 Å². The molecular weight excluding hydrogens is 126 g/mol. The first-order valence-corrected chi connectivity index (χ1v) is 3.05. The second-order valence-corrected chi connectivity index (χ2v) is 1.54. The summed E-state index contributed by atoms with van der Waals surface area (Å²) in [4.78, 5) is 21.6. The molecule has 0 fully saturated rings. The molecule has 46 valence electrons. The third-order valence-corrected chi connectivity index (χ3v) is 0. The van der Waals surface area contributed by atoms with Gasteiger partial charge in [-0.1, -0.05) is 0 Å². The van der Waals surface area contributed by atoms with Gasteiger partial charge in [0.25, 0.3) is 0 Å². The third-order valence-electron chi connectivity index (χ3n) is 0. The third kappa shape index (κ3) is 437. The second kappa shape index (κ2) is 7.71. The Kier molecular flexibility index (Phi) is 15.3. The first kappa shape index (κ1) is 15.9. The molecule has 0 aromatic rings. The molecule has 0 heterocycles. The Morgan fingerprint density at radius 2 is 1.25 bits per heavy atom. The van der Waals surface area contributed by atoms with Crippen LogP contribution in [0.1, 0.15) is 6.92 Å². The molecule has 0 radical (unpaired) electrons. The molecule has 0 aromatic heterocycles. The van der Waals surface area contributed by atoms with Crippen molar-refractivity contribution in [2.24, 2.45) is 0 Å². The van der Waals surface area contributed by atoms with E-state index >= 15 is 0 Å². The maximum Gasteiger partial charge on any atom is 1.00 e. The van der Waals surface area contributed by atoms with Crippen LogP contribution >= 0.6 is 7.82 Å². The first-order valence-electron chi connectivity index (χ1n) is 1.49. The van der Waals surface area contributed by atoms with Crippen molar-refractivity contribution in [1.82, 2.24) is 0 Å². The summed E-state index contributed by atoms with van der Waals surface area (Å²) < 4.78 is 8.88. The quantitative estimate of drug-likeness (QED) is 0.186. The van der Waals surface area contributed by atoms with Gasteiger partial charge >= 0.3 is 26.7 Å². The molecule has 0 saturated carbocycles. The van der Waals surface area contributed by atoms with Gasteiger partial charge in [0.2, 0.25) is 0 Å². The fraction of sp³-hybridized carbons (Fsp3) is 0.500. The fourth-order valence-corrected chi connectivity index (χ4v) is 0. The summed E-state index contributed by atoms with van der Waals surface area (Å²) in [7, 11) is -4.64. The fourth-order valence-electron chi connectivity index (χ4n) is 0. The van der Waals surface area contributed by atoms with E-state index in [0.29, 0.717) is 0 Å². The van der Waals surface area contributed by atoms with Gasteiger partial charge in [-0.05, 0) is 0 Å². The molecule has 4 nitrogen and oxygen atoms in total. The number of hydrogen-bond acceptors (Lipinski definition) is 1. The van der Waals surface area contributed by atoms with E-state index in [2.05, 4.69) is 6.92 Å². The average molecular weight is 134 g/mol. The van der Waals surface area contributed by atoms with Crippen molar-refractivity contribution in [3.8, 4) is 0 Å². The van der Waals surface area contributed by atoms with E-state index < -0.39 is 7.82 Å². The van der Waals surface area contributed by atoms with E-state index in [4.69, 9.17) is 19.2 Å². The summed E-state index contributed by atoms with van der Waals surface area (Å²) in [5.74, 6) is 0. The van der Waals surface area contributed by atoms with E-state index in [9.17, 15) is 0 Å². The molecule has 0 aliphatic heterocycles. The number of phosphoric acid groups is 1. The van der Waals surface area contributed by atoms with Gasteiger partial charge in [0, 0.05) is 0 Å². The Bertz CT molecular complexity index is 60.2. The zero-order valence-corrected chi connectivity index (χ0v) is 5.80. The van der Waals surface area contributed by atoms with Gasteiger partial charge in [0.1, 0.15) is 0 Å². The SMILES string of the molecule is O=P(O)(O)O.[CH2-]C.[Li+]. The molecule has 6 heteroatoms. The van der Waals surface area contributed by atoms with Crippen molar-refractivity contribution >= 4 is 7.82 Å². The van der Waals surface area contributed by atoms with Crippen molar-refractivity contribution in [3.05, 3.63) is 6.92 Å². The van der Waals surface area contributed by atoms with Gasteiger partial charge in [-0.15, -0.1) is 0 Å². The Morgan fingerprint density at radius 3 is 1.25 bits per heavy atom. The van der Waals surface area contributed by atoms with E-state index in [1.165, 1.54) is 0 Å². The predicted octanol–water partition coefficient (Wildman–Crippen LogP) is -3.08. The molecule has 0 rings (SSSR count). The monoisotopic (exact) mass is 134 g/mol. The van der Waals surface area contributed by atoms with Crippen LogP contribution in [0, 0.1) is 6.92 Å². The summed E-state index contributed by atoms with van der Waals surface area (Å²) in [5.41, 5.74) is 0. The molecule has 0 amide bonds. The van der Waals surface area contributed by atoms with Crippen LogP contribution in [0.3, 0.4) is 0 Å². The van der Waals surface area contributed by atoms with Crippen LogP contribution in [0.4, 0.5) is 0 Å². The average Bonchev–Trinajstić information content (AvgIpc) is 1.36. The van der Waals surface area contributed by atoms with Crippen molar-refractivity contribution in [3.63, 3.8) is 0 Å². The van der Waals surface area contributed by atoms with Gasteiger partial charge < -0.3 is 21.6 Å². The van der Waals surface area contributed by atoms with Crippen LogP contribution in [0.5, 0.6) is 0 Å². The minimum absolute atomic E-state index is 0. The van der Waals surface area contributed by atoms with Gasteiger partial charge in [0.05, 0.1) is 0 Å². The van der Waals surface area contributed by atoms with Crippen LogP contribution in [0.25, 0.3) is 0 Å². The zero-order valence-electron chi connectivity index (χ0n) is 4.90. The standard InChI is InChI=1S/C2H5.Li.H3O4P/c1-2;;1-5(2,3)4/h1H2,2H3;;(H3,1,2,3,4)/q-1;+1;. The molecule has 0 unspecified atom stereocenters. The summed E-state index contributed by atoms with van der Waals surface area (Å²) in [6.45, 7) is 5.00. The topological polar surface area (TPSA) is 77.8 Å². The largest absolute Gasteiger partial charge is 1.00 e. The van der Waals surface area contributed by atoms with Gasteiger partial charge in [-0.2, -0.15) is 6.92 Å². The van der Waals surface area contributed by atoms with Gasteiger partial charge in [-0.25, -0.2) is 4.57 Å². The Labute approximate surface area is 60.3 Å². The Balaban J connectivity index is -0.0000000750. The van der Waals surface area contributed by atoms with Gasteiger partial charge in [0.15, 0.2) is 0 Å².